The Bertz CT molecular complexity index is 959. The summed E-state index contributed by atoms with van der Waals surface area (Å²) in [4.78, 5) is 12.6. The number of sulfonamides is 1. The van der Waals surface area contributed by atoms with E-state index in [1.54, 1.807) is 24.3 Å². The number of benzene rings is 2. The van der Waals surface area contributed by atoms with Gasteiger partial charge < -0.3 is 4.74 Å². The average molecular weight is 402 g/mol. The molecule has 2 aromatic carbocycles. The van der Waals surface area contributed by atoms with Crippen LogP contribution in [-0.4, -0.2) is 31.8 Å². The van der Waals surface area contributed by atoms with E-state index in [0.29, 0.717) is 30.2 Å². The molecule has 1 aliphatic heterocycles. The summed E-state index contributed by atoms with van der Waals surface area (Å²) in [5.74, 6) is 0.350. The maximum absolute atomic E-state index is 12.6. The predicted octanol–water partition coefficient (Wildman–Crippen LogP) is 3.93. The maximum Gasteiger partial charge on any atom is 0.311 e. The second-order valence-electron chi connectivity index (χ2n) is 7.38. The minimum atomic E-state index is -3.40. The molecule has 0 amide bonds. The number of esters is 1. The lowest BCUT2D eigenvalue weighted by Gasteiger charge is -2.15. The molecule has 0 atom stereocenters. The highest BCUT2D eigenvalue weighted by molar-refractivity contribution is 7.89. The number of rotatable bonds is 6. The van der Waals surface area contributed by atoms with Crippen LogP contribution in [0.3, 0.4) is 0 Å². The molecule has 1 fully saturated rings. The van der Waals surface area contributed by atoms with Gasteiger partial charge in [-0.1, -0.05) is 24.3 Å². The average Bonchev–Trinajstić information content (AvgIpc) is 3.23. The van der Waals surface area contributed by atoms with Crippen molar-refractivity contribution in [2.45, 2.75) is 51.3 Å². The van der Waals surface area contributed by atoms with Crippen molar-refractivity contribution in [2.24, 2.45) is 0 Å². The number of carbonyl (C=O) groups is 1. The highest BCUT2D eigenvalue weighted by atomic mass is 32.2. The molecule has 0 radical (unpaired) electrons. The summed E-state index contributed by atoms with van der Waals surface area (Å²) in [5.41, 5.74) is 3.91. The van der Waals surface area contributed by atoms with Crippen LogP contribution >= 0.6 is 0 Å². The second kappa shape index (κ2) is 8.45. The van der Waals surface area contributed by atoms with Crippen molar-refractivity contribution in [3.05, 3.63) is 58.7 Å². The molecule has 1 saturated heterocycles. The third-order valence-electron chi connectivity index (χ3n) is 5.33. The second-order valence-corrected chi connectivity index (χ2v) is 9.32. The van der Waals surface area contributed by atoms with E-state index in [2.05, 4.69) is 0 Å². The number of ether oxygens (including phenoxy) is 1. The van der Waals surface area contributed by atoms with Crippen LogP contribution in [-0.2, 0) is 21.2 Å². The van der Waals surface area contributed by atoms with Crippen LogP contribution in [0.5, 0.6) is 5.75 Å². The van der Waals surface area contributed by atoms with Crippen LogP contribution in [0.15, 0.2) is 41.3 Å². The van der Waals surface area contributed by atoms with Crippen molar-refractivity contribution in [3.8, 4) is 5.75 Å². The van der Waals surface area contributed by atoms with Crippen LogP contribution in [0.2, 0.25) is 0 Å². The number of carbonyl (C=O) groups excluding carboxylic acids is 1. The molecular weight excluding hydrogens is 374 g/mol. The van der Waals surface area contributed by atoms with E-state index in [4.69, 9.17) is 4.74 Å². The molecule has 1 heterocycles. The topological polar surface area (TPSA) is 63.7 Å². The molecule has 0 bridgehead atoms. The van der Waals surface area contributed by atoms with E-state index >= 15 is 0 Å². The van der Waals surface area contributed by atoms with Gasteiger partial charge in [0.2, 0.25) is 10.0 Å². The molecule has 6 heteroatoms. The van der Waals surface area contributed by atoms with Gasteiger partial charge in [0.05, 0.1) is 4.90 Å². The van der Waals surface area contributed by atoms with E-state index in [1.807, 2.05) is 32.9 Å². The van der Waals surface area contributed by atoms with Gasteiger partial charge in [0.1, 0.15) is 5.75 Å². The minimum Gasteiger partial charge on any atom is -0.426 e. The standard InChI is InChI=1S/C22H27NO4S/c1-16-6-7-17(2)22(18(16)3)27-21(24)13-10-19-8-11-20(12-9-19)28(25,26)23-14-4-5-15-23/h6-9,11-12H,4-5,10,13-15H2,1-3H3. The van der Waals surface area contributed by atoms with Gasteiger partial charge in [-0.25, -0.2) is 8.42 Å². The summed E-state index contributed by atoms with van der Waals surface area (Å²) in [6.45, 7) is 7.05. The first-order valence-electron chi connectivity index (χ1n) is 9.65. The zero-order valence-corrected chi connectivity index (χ0v) is 17.5. The molecule has 0 saturated carbocycles. The molecule has 0 spiro atoms. The first-order valence-corrected chi connectivity index (χ1v) is 11.1. The largest absolute Gasteiger partial charge is 0.426 e. The van der Waals surface area contributed by atoms with E-state index in [1.165, 1.54) is 4.31 Å². The Kier molecular flexibility index (Phi) is 6.20. The Labute approximate surface area is 167 Å². The van der Waals surface area contributed by atoms with Gasteiger partial charge in [0, 0.05) is 19.5 Å². The third-order valence-corrected chi connectivity index (χ3v) is 7.25. The smallest absolute Gasteiger partial charge is 0.311 e. The lowest BCUT2D eigenvalue weighted by Crippen LogP contribution is -2.27. The summed E-state index contributed by atoms with van der Waals surface area (Å²) in [5, 5.41) is 0. The highest BCUT2D eigenvalue weighted by Crippen LogP contribution is 2.26. The lowest BCUT2D eigenvalue weighted by molar-refractivity contribution is -0.134. The number of hydrogen-bond acceptors (Lipinski definition) is 4. The van der Waals surface area contributed by atoms with Crippen LogP contribution in [0.4, 0.5) is 0 Å². The van der Waals surface area contributed by atoms with Gasteiger partial charge in [-0.05, 0) is 74.4 Å². The summed E-state index contributed by atoms with van der Waals surface area (Å²) < 4.78 is 32.2. The van der Waals surface area contributed by atoms with Crippen molar-refractivity contribution in [3.63, 3.8) is 0 Å². The molecule has 0 aliphatic carbocycles. The normalized spacial score (nSPS) is 15.0. The first kappa shape index (κ1) is 20.6. The zero-order chi connectivity index (χ0) is 20.3. The Morgan fingerprint density at radius 1 is 0.964 bits per heavy atom. The summed E-state index contributed by atoms with van der Waals surface area (Å²) in [6.07, 6.45) is 2.58. The molecular formula is C22H27NO4S. The highest BCUT2D eigenvalue weighted by Gasteiger charge is 2.26. The Morgan fingerprint density at radius 3 is 2.21 bits per heavy atom. The van der Waals surface area contributed by atoms with Crippen LogP contribution in [0.1, 0.15) is 41.5 Å². The Hall–Kier alpha value is -2.18. The van der Waals surface area contributed by atoms with Crippen molar-refractivity contribution in [1.29, 1.82) is 0 Å². The molecule has 150 valence electrons. The predicted molar refractivity (Wildman–Crippen MR) is 109 cm³/mol. The van der Waals surface area contributed by atoms with E-state index in [0.717, 1.165) is 35.1 Å². The van der Waals surface area contributed by atoms with E-state index < -0.39 is 10.0 Å². The van der Waals surface area contributed by atoms with E-state index in [9.17, 15) is 13.2 Å². The number of aryl methyl sites for hydroxylation is 3. The molecule has 0 aromatic heterocycles. The maximum atomic E-state index is 12.6. The van der Waals surface area contributed by atoms with Gasteiger partial charge in [0.15, 0.2) is 0 Å². The van der Waals surface area contributed by atoms with Gasteiger partial charge in [0.25, 0.3) is 0 Å². The molecule has 28 heavy (non-hydrogen) atoms. The number of nitrogens with zero attached hydrogens (tertiary/aromatic N) is 1. The van der Waals surface area contributed by atoms with Gasteiger partial charge >= 0.3 is 5.97 Å². The quantitative estimate of drug-likeness (QED) is 0.543. The van der Waals surface area contributed by atoms with Crippen LogP contribution < -0.4 is 4.74 Å². The molecule has 1 aliphatic rings. The molecule has 0 N–H and O–H groups in total. The summed E-state index contributed by atoms with van der Waals surface area (Å²) in [7, 11) is -3.40. The molecule has 2 aromatic rings. The molecule has 3 rings (SSSR count). The van der Waals surface area contributed by atoms with Crippen molar-refractivity contribution < 1.29 is 17.9 Å². The Balaban J connectivity index is 1.61. The van der Waals surface area contributed by atoms with Crippen molar-refractivity contribution in [1.82, 2.24) is 4.31 Å². The molecule has 0 unspecified atom stereocenters. The summed E-state index contributed by atoms with van der Waals surface area (Å²) in [6, 6.07) is 10.8. The van der Waals surface area contributed by atoms with Crippen LogP contribution in [0, 0.1) is 20.8 Å². The fourth-order valence-corrected chi connectivity index (χ4v) is 4.92. The zero-order valence-electron chi connectivity index (χ0n) is 16.7. The van der Waals surface area contributed by atoms with Crippen LogP contribution in [0.25, 0.3) is 0 Å². The Morgan fingerprint density at radius 2 is 1.57 bits per heavy atom. The van der Waals surface area contributed by atoms with Crippen molar-refractivity contribution >= 4 is 16.0 Å². The third kappa shape index (κ3) is 4.45. The van der Waals surface area contributed by atoms with Crippen molar-refractivity contribution in [2.75, 3.05) is 13.1 Å². The fourth-order valence-electron chi connectivity index (χ4n) is 3.40. The van der Waals surface area contributed by atoms with Gasteiger partial charge in [-0.3, -0.25) is 4.79 Å². The SMILES string of the molecule is Cc1ccc(C)c(OC(=O)CCc2ccc(S(=O)(=O)N3CCCC3)cc2)c1C. The minimum absolute atomic E-state index is 0.241. The molecule has 5 nitrogen and oxygen atoms in total. The number of hydrogen-bond donors (Lipinski definition) is 0. The first-order chi connectivity index (χ1) is 13.3. The van der Waals surface area contributed by atoms with Gasteiger partial charge in [-0.15, -0.1) is 0 Å². The lowest BCUT2D eigenvalue weighted by atomic mass is 10.1. The van der Waals surface area contributed by atoms with Gasteiger partial charge in [-0.2, -0.15) is 4.31 Å². The fraction of sp³-hybridized carbons (Fsp3) is 0.409. The monoisotopic (exact) mass is 401 g/mol. The summed E-state index contributed by atoms with van der Waals surface area (Å²) >= 11 is 0. The van der Waals surface area contributed by atoms with E-state index in [-0.39, 0.29) is 12.4 Å².